The van der Waals surface area contributed by atoms with Crippen molar-refractivity contribution in [2.24, 2.45) is 17.3 Å². The quantitative estimate of drug-likeness (QED) is 0.659. The largest absolute Gasteiger partial charge is 0.316 e. The normalized spacial score (nSPS) is 43.1. The lowest BCUT2D eigenvalue weighted by Gasteiger charge is -2.19. The minimum atomic E-state index is 0.606. The number of hydrogen-bond donors (Lipinski definition) is 1. The third-order valence-electron chi connectivity index (χ3n) is 3.82. The summed E-state index contributed by atoms with van der Waals surface area (Å²) >= 11 is 0. The van der Waals surface area contributed by atoms with E-state index in [0.717, 1.165) is 17.9 Å². The maximum absolute atomic E-state index is 3.41. The first kappa shape index (κ1) is 9.05. The highest BCUT2D eigenvalue weighted by atomic mass is 15.0. The Morgan fingerprint density at radius 3 is 2.09 bits per heavy atom. The van der Waals surface area contributed by atoms with Gasteiger partial charge in [0.05, 0.1) is 0 Å². The fourth-order valence-electron chi connectivity index (χ4n) is 3.01. The molecule has 0 radical (unpaired) electrons. The minimum Gasteiger partial charge on any atom is -0.316 e. The van der Waals surface area contributed by atoms with Crippen molar-refractivity contribution in [1.29, 1.82) is 0 Å². The molecule has 66 valence electrons. The topological polar surface area (TPSA) is 12.0 Å². The summed E-state index contributed by atoms with van der Waals surface area (Å²) in [4.78, 5) is 0. The summed E-state index contributed by atoms with van der Waals surface area (Å²) in [5.41, 5.74) is 0.606. The van der Waals surface area contributed by atoms with Gasteiger partial charge >= 0.3 is 0 Å². The van der Waals surface area contributed by atoms with Crippen LogP contribution in [-0.4, -0.2) is 13.1 Å². The fraction of sp³-hybridized carbons (Fsp3) is 1.00. The molecule has 1 saturated carbocycles. The van der Waals surface area contributed by atoms with Crippen LogP contribution in [0.15, 0.2) is 0 Å². The van der Waals surface area contributed by atoms with Crippen molar-refractivity contribution in [3.05, 3.63) is 0 Å². The van der Waals surface area contributed by atoms with E-state index in [0.29, 0.717) is 5.41 Å². The lowest BCUT2D eigenvalue weighted by atomic mass is 9.87. The fourth-order valence-corrected chi connectivity index (χ4v) is 3.01. The van der Waals surface area contributed by atoms with E-state index in [1.54, 1.807) is 0 Å². The van der Waals surface area contributed by atoms with Gasteiger partial charge in [-0.25, -0.2) is 0 Å². The van der Waals surface area contributed by atoms with Gasteiger partial charge in [0.25, 0.3) is 0 Å². The molecule has 1 fully saturated rings. The molecule has 11 heavy (non-hydrogen) atoms. The van der Waals surface area contributed by atoms with Crippen LogP contribution in [0.4, 0.5) is 0 Å². The molecule has 0 aromatic carbocycles. The first-order chi connectivity index (χ1) is 5.11. The molecule has 0 aromatic heterocycles. The average molecular weight is 155 g/mol. The summed E-state index contributed by atoms with van der Waals surface area (Å²) in [6, 6.07) is 0.771. The van der Waals surface area contributed by atoms with Crippen LogP contribution in [0, 0.1) is 17.3 Å². The molecule has 1 rings (SSSR count). The lowest BCUT2D eigenvalue weighted by Crippen LogP contribution is -2.22. The van der Waals surface area contributed by atoms with Crippen molar-refractivity contribution in [2.75, 3.05) is 7.05 Å². The molecule has 0 amide bonds. The predicted octanol–water partition coefficient (Wildman–Crippen LogP) is 2.28. The molecule has 0 aliphatic heterocycles. The average Bonchev–Trinajstić information content (AvgIpc) is 2.56. The molecule has 0 heterocycles. The van der Waals surface area contributed by atoms with E-state index in [-0.39, 0.29) is 0 Å². The second-order valence-electron chi connectivity index (χ2n) is 4.18. The Morgan fingerprint density at radius 1 is 1.45 bits per heavy atom. The molecule has 1 aliphatic rings. The maximum Gasteiger partial charge on any atom is 0.0158 e. The van der Waals surface area contributed by atoms with E-state index in [2.05, 4.69) is 40.1 Å². The van der Waals surface area contributed by atoms with Gasteiger partial charge in [0.2, 0.25) is 0 Å². The van der Waals surface area contributed by atoms with E-state index in [4.69, 9.17) is 0 Å². The van der Waals surface area contributed by atoms with Crippen molar-refractivity contribution >= 4 is 0 Å². The van der Waals surface area contributed by atoms with Gasteiger partial charge in [0.1, 0.15) is 0 Å². The molecular weight excluding hydrogens is 134 g/mol. The molecule has 0 spiro atoms. The van der Waals surface area contributed by atoms with E-state index in [1.165, 1.54) is 6.42 Å². The smallest absolute Gasteiger partial charge is 0.0158 e. The molecule has 0 aromatic rings. The van der Waals surface area contributed by atoms with Crippen LogP contribution in [0.5, 0.6) is 0 Å². The number of rotatable bonds is 3. The molecule has 1 aliphatic carbocycles. The summed E-state index contributed by atoms with van der Waals surface area (Å²) in [6.45, 7) is 9.37. The highest BCUT2D eigenvalue weighted by molar-refractivity contribution is 5.13. The van der Waals surface area contributed by atoms with Crippen molar-refractivity contribution < 1.29 is 0 Å². The van der Waals surface area contributed by atoms with Gasteiger partial charge in [-0.15, -0.1) is 0 Å². The molecule has 3 unspecified atom stereocenters. The minimum absolute atomic E-state index is 0.606. The second-order valence-corrected chi connectivity index (χ2v) is 4.18. The monoisotopic (exact) mass is 155 g/mol. The maximum atomic E-state index is 3.41. The Labute approximate surface area is 70.6 Å². The first-order valence-electron chi connectivity index (χ1n) is 4.78. The van der Waals surface area contributed by atoms with Crippen LogP contribution in [0.25, 0.3) is 0 Å². The van der Waals surface area contributed by atoms with Gasteiger partial charge in [0, 0.05) is 6.04 Å². The summed E-state index contributed by atoms with van der Waals surface area (Å²) in [5, 5.41) is 3.41. The van der Waals surface area contributed by atoms with Gasteiger partial charge in [-0.3, -0.25) is 0 Å². The van der Waals surface area contributed by atoms with Gasteiger partial charge in [-0.05, 0) is 30.7 Å². The van der Waals surface area contributed by atoms with Crippen LogP contribution < -0.4 is 5.32 Å². The molecule has 1 heteroatoms. The summed E-state index contributed by atoms with van der Waals surface area (Å²) in [6.07, 6.45) is 1.32. The first-order valence-corrected chi connectivity index (χ1v) is 4.78. The molecular formula is C10H21N. The highest BCUT2D eigenvalue weighted by Gasteiger charge is 2.61. The van der Waals surface area contributed by atoms with Gasteiger partial charge in [-0.2, -0.15) is 0 Å². The van der Waals surface area contributed by atoms with E-state index >= 15 is 0 Å². The second kappa shape index (κ2) is 2.78. The Bertz CT molecular complexity index is 142. The Balaban J connectivity index is 2.66. The van der Waals surface area contributed by atoms with Gasteiger partial charge in [-0.1, -0.05) is 27.7 Å². The van der Waals surface area contributed by atoms with E-state index in [9.17, 15) is 0 Å². The van der Waals surface area contributed by atoms with Crippen LogP contribution in [0.1, 0.15) is 34.1 Å². The number of hydrogen-bond acceptors (Lipinski definition) is 1. The van der Waals surface area contributed by atoms with Gasteiger partial charge in [0.15, 0.2) is 0 Å². The van der Waals surface area contributed by atoms with Crippen LogP contribution in [-0.2, 0) is 0 Å². The summed E-state index contributed by atoms with van der Waals surface area (Å²) < 4.78 is 0. The van der Waals surface area contributed by atoms with Crippen molar-refractivity contribution in [2.45, 2.75) is 40.2 Å². The summed E-state index contributed by atoms with van der Waals surface area (Å²) in [5.74, 6) is 1.69. The van der Waals surface area contributed by atoms with Crippen molar-refractivity contribution in [3.8, 4) is 0 Å². The zero-order chi connectivity index (χ0) is 8.65. The zero-order valence-electron chi connectivity index (χ0n) is 8.44. The summed E-state index contributed by atoms with van der Waals surface area (Å²) in [7, 11) is 2.08. The predicted molar refractivity (Wildman–Crippen MR) is 49.6 cm³/mol. The Kier molecular flexibility index (Phi) is 2.29. The third kappa shape index (κ3) is 1.01. The SMILES string of the molecule is CCC1(C(C)C)C(C)C1NC. The molecule has 1 nitrogen and oxygen atoms in total. The molecule has 1 N–H and O–H groups in total. The van der Waals surface area contributed by atoms with Gasteiger partial charge < -0.3 is 5.32 Å². The Hall–Kier alpha value is -0.0400. The van der Waals surface area contributed by atoms with Crippen molar-refractivity contribution in [1.82, 2.24) is 5.32 Å². The van der Waals surface area contributed by atoms with Crippen molar-refractivity contribution in [3.63, 3.8) is 0 Å². The van der Waals surface area contributed by atoms with Crippen LogP contribution in [0.2, 0.25) is 0 Å². The van der Waals surface area contributed by atoms with E-state index in [1.807, 2.05) is 0 Å². The van der Waals surface area contributed by atoms with Crippen LogP contribution in [0.3, 0.4) is 0 Å². The highest BCUT2D eigenvalue weighted by Crippen LogP contribution is 2.59. The van der Waals surface area contributed by atoms with E-state index < -0.39 is 0 Å². The number of nitrogens with one attached hydrogen (secondary N) is 1. The Morgan fingerprint density at radius 2 is 2.00 bits per heavy atom. The van der Waals surface area contributed by atoms with Crippen LogP contribution >= 0.6 is 0 Å². The lowest BCUT2D eigenvalue weighted by molar-refractivity contribution is 0.304. The standard InChI is InChI=1S/C10H21N/c1-6-10(7(2)3)8(4)9(10)11-5/h7-9,11H,6H2,1-5H3. The molecule has 0 saturated heterocycles. The molecule has 3 atom stereocenters. The third-order valence-corrected chi connectivity index (χ3v) is 3.82. The molecule has 0 bridgehead atoms. The zero-order valence-corrected chi connectivity index (χ0v) is 8.44.